The van der Waals surface area contributed by atoms with Gasteiger partial charge in [-0.2, -0.15) is 5.10 Å². The molecule has 2 rings (SSSR count). The number of rotatable bonds is 5. The summed E-state index contributed by atoms with van der Waals surface area (Å²) in [7, 11) is 1.53. The van der Waals surface area contributed by atoms with Crippen molar-refractivity contribution < 1.29 is 9.53 Å². The highest BCUT2D eigenvalue weighted by molar-refractivity contribution is 6.09. The van der Waals surface area contributed by atoms with Crippen LogP contribution in [0.3, 0.4) is 0 Å². The van der Waals surface area contributed by atoms with E-state index in [0.29, 0.717) is 29.2 Å². The quantitative estimate of drug-likeness (QED) is 0.659. The second-order valence-electron chi connectivity index (χ2n) is 4.24. The van der Waals surface area contributed by atoms with Crippen molar-refractivity contribution in [2.75, 3.05) is 12.8 Å². The molecule has 5 heteroatoms. The lowest BCUT2D eigenvalue weighted by Crippen LogP contribution is -2.12. The molecule has 0 aliphatic heterocycles. The maximum atomic E-state index is 12.5. The molecule has 1 aromatic carbocycles. The van der Waals surface area contributed by atoms with Gasteiger partial charge in [0.05, 0.1) is 13.3 Å². The monoisotopic (exact) mass is 259 g/mol. The molecule has 0 radical (unpaired) electrons. The van der Waals surface area contributed by atoms with Gasteiger partial charge in [0.25, 0.3) is 0 Å². The van der Waals surface area contributed by atoms with Crippen LogP contribution >= 0.6 is 0 Å². The first kappa shape index (κ1) is 13.1. The Morgan fingerprint density at radius 2 is 2.05 bits per heavy atom. The maximum absolute atomic E-state index is 12.5. The second kappa shape index (κ2) is 5.56. The van der Waals surface area contributed by atoms with Crippen LogP contribution in [0.1, 0.15) is 29.4 Å². The summed E-state index contributed by atoms with van der Waals surface area (Å²) in [6.45, 7) is 2.71. The highest BCUT2D eigenvalue weighted by Gasteiger charge is 2.20. The summed E-state index contributed by atoms with van der Waals surface area (Å²) in [6.07, 6.45) is 2.47. The van der Waals surface area contributed by atoms with Crippen LogP contribution in [0, 0.1) is 0 Å². The number of hydrogen-bond acceptors (Lipinski definition) is 4. The number of nitrogens with zero attached hydrogens (tertiary/aromatic N) is 2. The molecule has 0 unspecified atom stereocenters. The molecule has 0 saturated heterocycles. The Morgan fingerprint density at radius 1 is 1.37 bits per heavy atom. The molecule has 1 aromatic heterocycles. The van der Waals surface area contributed by atoms with E-state index in [1.807, 2.05) is 6.92 Å². The first-order valence-electron chi connectivity index (χ1n) is 6.17. The Hall–Kier alpha value is -2.30. The fourth-order valence-electron chi connectivity index (χ4n) is 1.90. The fourth-order valence-corrected chi connectivity index (χ4v) is 1.90. The van der Waals surface area contributed by atoms with Crippen LogP contribution in [0.5, 0.6) is 5.75 Å². The number of nitrogens with two attached hydrogens (primary N) is 1. The Bertz CT molecular complexity index is 573. The number of ether oxygens (including phenoxy) is 1. The number of anilines is 1. The molecule has 0 saturated carbocycles. The summed E-state index contributed by atoms with van der Waals surface area (Å²) >= 11 is 0. The summed E-state index contributed by atoms with van der Waals surface area (Å²) in [4.78, 5) is 12.5. The zero-order valence-electron chi connectivity index (χ0n) is 11.1. The molecule has 19 heavy (non-hydrogen) atoms. The lowest BCUT2D eigenvalue weighted by atomic mass is 10.1. The minimum Gasteiger partial charge on any atom is -0.493 e. The van der Waals surface area contributed by atoms with E-state index in [1.165, 1.54) is 7.11 Å². The summed E-state index contributed by atoms with van der Waals surface area (Å²) in [5.41, 5.74) is 7.31. The van der Waals surface area contributed by atoms with Crippen molar-refractivity contribution in [2.24, 2.45) is 0 Å². The van der Waals surface area contributed by atoms with Crippen LogP contribution in [-0.4, -0.2) is 22.7 Å². The van der Waals surface area contributed by atoms with Crippen molar-refractivity contribution >= 4 is 11.5 Å². The Labute approximate surface area is 112 Å². The number of carbonyl (C=O) groups is 1. The molecule has 1 heterocycles. The average Bonchev–Trinajstić information content (AvgIpc) is 2.82. The number of methoxy groups -OCH3 is 1. The molecule has 5 nitrogen and oxygen atoms in total. The molecule has 0 bridgehead atoms. The first-order chi connectivity index (χ1) is 9.17. The van der Waals surface area contributed by atoms with Gasteiger partial charge in [-0.25, -0.2) is 0 Å². The lowest BCUT2D eigenvalue weighted by Gasteiger charge is -2.07. The van der Waals surface area contributed by atoms with Gasteiger partial charge < -0.3 is 10.5 Å². The van der Waals surface area contributed by atoms with Crippen LogP contribution < -0.4 is 10.5 Å². The van der Waals surface area contributed by atoms with Crippen LogP contribution in [-0.2, 0) is 6.54 Å². The molecular weight excluding hydrogens is 242 g/mol. The SMILES string of the molecule is CCCn1ncc(OC)c1C(=O)c1ccc(N)cc1. The number of aromatic nitrogens is 2. The minimum absolute atomic E-state index is 0.109. The van der Waals surface area contributed by atoms with Gasteiger partial charge in [-0.3, -0.25) is 9.48 Å². The molecule has 2 N–H and O–H groups in total. The van der Waals surface area contributed by atoms with E-state index in [9.17, 15) is 4.79 Å². The molecule has 0 aliphatic carbocycles. The summed E-state index contributed by atoms with van der Waals surface area (Å²) in [5.74, 6) is 0.387. The molecule has 100 valence electrons. The third-order valence-electron chi connectivity index (χ3n) is 2.85. The zero-order chi connectivity index (χ0) is 13.8. The minimum atomic E-state index is -0.109. The molecular formula is C14H17N3O2. The second-order valence-corrected chi connectivity index (χ2v) is 4.24. The van der Waals surface area contributed by atoms with Crippen molar-refractivity contribution in [3.63, 3.8) is 0 Å². The van der Waals surface area contributed by atoms with Gasteiger partial charge >= 0.3 is 0 Å². The van der Waals surface area contributed by atoms with E-state index in [0.717, 1.165) is 6.42 Å². The van der Waals surface area contributed by atoms with Crippen LogP contribution in [0.4, 0.5) is 5.69 Å². The number of ketones is 1. The van der Waals surface area contributed by atoms with Crippen LogP contribution in [0.2, 0.25) is 0 Å². The molecule has 0 fully saturated rings. The van der Waals surface area contributed by atoms with Crippen molar-refractivity contribution in [3.05, 3.63) is 41.7 Å². The molecule has 0 atom stereocenters. The number of carbonyl (C=O) groups excluding carboxylic acids is 1. The van der Waals surface area contributed by atoms with Crippen LogP contribution in [0.15, 0.2) is 30.5 Å². The highest BCUT2D eigenvalue weighted by atomic mass is 16.5. The average molecular weight is 259 g/mol. The fraction of sp³-hybridized carbons (Fsp3) is 0.286. The Kier molecular flexibility index (Phi) is 3.85. The normalized spacial score (nSPS) is 10.4. The topological polar surface area (TPSA) is 70.1 Å². The van der Waals surface area contributed by atoms with E-state index >= 15 is 0 Å². The van der Waals surface area contributed by atoms with E-state index in [1.54, 1.807) is 35.1 Å². The van der Waals surface area contributed by atoms with Gasteiger partial charge in [0.2, 0.25) is 5.78 Å². The molecule has 0 aliphatic rings. The number of nitrogen functional groups attached to an aromatic ring is 1. The van der Waals surface area contributed by atoms with Crippen LogP contribution in [0.25, 0.3) is 0 Å². The Balaban J connectivity index is 2.42. The first-order valence-corrected chi connectivity index (χ1v) is 6.17. The van der Waals surface area contributed by atoms with E-state index in [4.69, 9.17) is 10.5 Å². The third kappa shape index (κ3) is 2.59. The predicted molar refractivity (Wildman–Crippen MR) is 73.4 cm³/mol. The highest BCUT2D eigenvalue weighted by Crippen LogP contribution is 2.22. The van der Waals surface area contributed by atoms with E-state index in [-0.39, 0.29) is 5.78 Å². The zero-order valence-corrected chi connectivity index (χ0v) is 11.1. The van der Waals surface area contributed by atoms with E-state index in [2.05, 4.69) is 5.10 Å². The van der Waals surface area contributed by atoms with Gasteiger partial charge in [0.15, 0.2) is 11.4 Å². The molecule has 2 aromatic rings. The van der Waals surface area contributed by atoms with Gasteiger partial charge in [-0.05, 0) is 30.7 Å². The summed E-state index contributed by atoms with van der Waals surface area (Å²) in [6, 6.07) is 6.83. The summed E-state index contributed by atoms with van der Waals surface area (Å²) < 4.78 is 6.89. The van der Waals surface area contributed by atoms with Gasteiger partial charge in [-0.15, -0.1) is 0 Å². The van der Waals surface area contributed by atoms with E-state index < -0.39 is 0 Å². The third-order valence-corrected chi connectivity index (χ3v) is 2.85. The maximum Gasteiger partial charge on any atom is 0.214 e. The summed E-state index contributed by atoms with van der Waals surface area (Å²) in [5, 5.41) is 4.19. The standard InChI is InChI=1S/C14H17N3O2/c1-3-8-17-13(12(19-2)9-16-17)14(18)10-4-6-11(15)7-5-10/h4-7,9H,3,8,15H2,1-2H3. The predicted octanol–water partition coefficient (Wildman–Crippen LogP) is 2.11. The van der Waals surface area contributed by atoms with Gasteiger partial charge in [-0.1, -0.05) is 6.92 Å². The molecule has 0 spiro atoms. The number of benzene rings is 1. The molecule has 0 amide bonds. The Morgan fingerprint density at radius 3 is 2.63 bits per heavy atom. The smallest absolute Gasteiger partial charge is 0.214 e. The van der Waals surface area contributed by atoms with Gasteiger partial charge in [0, 0.05) is 17.8 Å². The lowest BCUT2D eigenvalue weighted by molar-refractivity contribution is 0.102. The van der Waals surface area contributed by atoms with Crippen molar-refractivity contribution in [1.29, 1.82) is 0 Å². The van der Waals surface area contributed by atoms with Crippen molar-refractivity contribution in [1.82, 2.24) is 9.78 Å². The van der Waals surface area contributed by atoms with Crippen molar-refractivity contribution in [2.45, 2.75) is 19.9 Å². The largest absolute Gasteiger partial charge is 0.493 e. The number of hydrogen-bond donors (Lipinski definition) is 1. The van der Waals surface area contributed by atoms with Crippen molar-refractivity contribution in [3.8, 4) is 5.75 Å². The number of aryl methyl sites for hydroxylation is 1. The van der Waals surface area contributed by atoms with Gasteiger partial charge in [0.1, 0.15) is 0 Å².